The summed E-state index contributed by atoms with van der Waals surface area (Å²) in [5, 5.41) is 12.5. The zero-order valence-corrected chi connectivity index (χ0v) is 12.1. The second-order valence-corrected chi connectivity index (χ2v) is 5.54. The Labute approximate surface area is 116 Å². The monoisotopic (exact) mass is 279 g/mol. The highest BCUT2D eigenvalue weighted by Gasteiger charge is 2.25. The largest absolute Gasteiger partial charge is 0.462 e. The molecule has 0 radical (unpaired) electrons. The Kier molecular flexibility index (Phi) is 4.14. The first-order valence-corrected chi connectivity index (χ1v) is 7.24. The minimum atomic E-state index is -0.321. The fourth-order valence-electron chi connectivity index (χ4n) is 2.32. The number of nitrogens with zero attached hydrogens (tertiary/aromatic N) is 1. The molecule has 1 aliphatic heterocycles. The molecular formula is C14H17NO3S. The first-order valence-electron chi connectivity index (χ1n) is 6.25. The zero-order chi connectivity index (χ0) is 14.0. The van der Waals surface area contributed by atoms with E-state index in [1.807, 2.05) is 19.9 Å². The number of rotatable bonds is 2. The summed E-state index contributed by atoms with van der Waals surface area (Å²) in [6, 6.07) is 1.86. The van der Waals surface area contributed by atoms with Crippen LogP contribution >= 0.6 is 11.8 Å². The topological polar surface area (TPSA) is 58.9 Å². The minimum absolute atomic E-state index is 0.321. The lowest BCUT2D eigenvalue weighted by Crippen LogP contribution is -2.17. The molecule has 0 atom stereocenters. The Balaban J connectivity index is 2.62. The molecule has 0 bridgehead atoms. The van der Waals surface area contributed by atoms with Crippen LogP contribution in [0.3, 0.4) is 0 Å². The number of ether oxygens (including phenoxy) is 1. The van der Waals surface area contributed by atoms with Gasteiger partial charge in [-0.25, -0.2) is 4.79 Å². The van der Waals surface area contributed by atoms with Crippen LogP contribution in [0.5, 0.6) is 0 Å². The van der Waals surface area contributed by atoms with Gasteiger partial charge in [-0.2, -0.15) is 0 Å². The Morgan fingerprint density at radius 1 is 1.53 bits per heavy atom. The van der Waals surface area contributed by atoms with Gasteiger partial charge in [-0.3, -0.25) is 0 Å². The van der Waals surface area contributed by atoms with Crippen LogP contribution in [0.25, 0.3) is 0 Å². The van der Waals surface area contributed by atoms with Crippen molar-refractivity contribution in [2.24, 2.45) is 5.16 Å². The van der Waals surface area contributed by atoms with E-state index in [2.05, 4.69) is 5.16 Å². The molecule has 0 aromatic heterocycles. The molecule has 1 N–H and O–H groups in total. The fraction of sp³-hybridized carbons (Fsp3) is 0.429. The molecule has 1 heterocycles. The lowest BCUT2D eigenvalue weighted by Gasteiger charge is -2.22. The first kappa shape index (κ1) is 13.9. The molecule has 4 nitrogen and oxygen atoms in total. The zero-order valence-electron chi connectivity index (χ0n) is 11.3. The van der Waals surface area contributed by atoms with Crippen LogP contribution in [-0.2, 0) is 4.74 Å². The van der Waals surface area contributed by atoms with Crippen LogP contribution in [0.2, 0.25) is 0 Å². The highest BCUT2D eigenvalue weighted by molar-refractivity contribution is 7.99. The quantitative estimate of drug-likeness (QED) is 0.513. The molecule has 0 unspecified atom stereocenters. The van der Waals surface area contributed by atoms with Gasteiger partial charge in [0.1, 0.15) is 0 Å². The third-order valence-electron chi connectivity index (χ3n) is 3.21. The number of benzene rings is 1. The number of carbonyl (C=O) groups is 1. The Morgan fingerprint density at radius 2 is 2.26 bits per heavy atom. The van der Waals surface area contributed by atoms with Gasteiger partial charge in [0.05, 0.1) is 17.9 Å². The summed E-state index contributed by atoms with van der Waals surface area (Å²) in [6.45, 7) is 5.98. The number of hydrogen-bond donors (Lipinski definition) is 1. The molecule has 1 aromatic rings. The van der Waals surface area contributed by atoms with Gasteiger partial charge in [-0.15, -0.1) is 11.8 Å². The summed E-state index contributed by atoms with van der Waals surface area (Å²) in [6.07, 6.45) is 0.709. The molecule has 19 heavy (non-hydrogen) atoms. The normalized spacial score (nSPS) is 16.3. The molecule has 1 aromatic carbocycles. The van der Waals surface area contributed by atoms with Crippen LogP contribution in [0, 0.1) is 13.8 Å². The van der Waals surface area contributed by atoms with E-state index in [-0.39, 0.29) is 5.97 Å². The van der Waals surface area contributed by atoms with Crippen molar-refractivity contribution >= 4 is 23.4 Å². The molecule has 2 rings (SSSR count). The number of aryl methyl sites for hydroxylation is 1. The SMILES string of the molecule is CCOC(=O)c1cc(C)c2c(c1C)C(=NO)CCS2. The summed E-state index contributed by atoms with van der Waals surface area (Å²) in [5.41, 5.74) is 3.96. The number of hydrogen-bond acceptors (Lipinski definition) is 5. The third kappa shape index (κ3) is 2.47. The number of esters is 1. The molecule has 0 aliphatic carbocycles. The van der Waals surface area contributed by atoms with Crippen molar-refractivity contribution in [3.63, 3.8) is 0 Å². The van der Waals surface area contributed by atoms with Gasteiger partial charge in [-0.1, -0.05) is 5.16 Å². The maximum Gasteiger partial charge on any atom is 0.338 e. The van der Waals surface area contributed by atoms with Crippen molar-refractivity contribution in [1.82, 2.24) is 0 Å². The van der Waals surface area contributed by atoms with Crippen molar-refractivity contribution in [1.29, 1.82) is 0 Å². The van der Waals surface area contributed by atoms with E-state index in [1.54, 1.807) is 18.7 Å². The number of fused-ring (bicyclic) bond motifs is 1. The highest BCUT2D eigenvalue weighted by Crippen LogP contribution is 2.36. The van der Waals surface area contributed by atoms with E-state index in [1.165, 1.54) is 0 Å². The fourth-order valence-corrected chi connectivity index (χ4v) is 3.52. The molecule has 0 amide bonds. The van der Waals surface area contributed by atoms with E-state index in [0.717, 1.165) is 27.3 Å². The van der Waals surface area contributed by atoms with Gasteiger partial charge >= 0.3 is 5.97 Å². The van der Waals surface area contributed by atoms with E-state index in [4.69, 9.17) is 9.94 Å². The predicted octanol–water partition coefficient (Wildman–Crippen LogP) is 3.15. The summed E-state index contributed by atoms with van der Waals surface area (Å²) in [5.74, 6) is 0.574. The Morgan fingerprint density at radius 3 is 2.89 bits per heavy atom. The summed E-state index contributed by atoms with van der Waals surface area (Å²) in [4.78, 5) is 13.1. The van der Waals surface area contributed by atoms with Gasteiger partial charge in [-0.05, 0) is 38.0 Å². The average Bonchev–Trinajstić information content (AvgIpc) is 2.42. The highest BCUT2D eigenvalue weighted by atomic mass is 32.2. The minimum Gasteiger partial charge on any atom is -0.462 e. The van der Waals surface area contributed by atoms with Crippen molar-refractivity contribution in [2.45, 2.75) is 32.1 Å². The average molecular weight is 279 g/mol. The number of carbonyl (C=O) groups excluding carboxylic acids is 1. The van der Waals surface area contributed by atoms with Crippen molar-refractivity contribution in [3.05, 3.63) is 28.3 Å². The molecule has 102 valence electrons. The number of oxime groups is 1. The number of thioether (sulfide) groups is 1. The van der Waals surface area contributed by atoms with E-state index < -0.39 is 0 Å². The van der Waals surface area contributed by atoms with E-state index in [0.29, 0.717) is 24.3 Å². The van der Waals surface area contributed by atoms with E-state index >= 15 is 0 Å². The maximum atomic E-state index is 12.0. The Hall–Kier alpha value is -1.49. The van der Waals surface area contributed by atoms with Crippen molar-refractivity contribution in [3.8, 4) is 0 Å². The van der Waals surface area contributed by atoms with Crippen LogP contribution in [-0.4, -0.2) is 29.2 Å². The van der Waals surface area contributed by atoms with Crippen LogP contribution in [0.4, 0.5) is 0 Å². The molecule has 0 spiro atoms. The lowest BCUT2D eigenvalue weighted by atomic mass is 9.94. The smallest absolute Gasteiger partial charge is 0.338 e. The van der Waals surface area contributed by atoms with Gasteiger partial charge < -0.3 is 9.94 Å². The van der Waals surface area contributed by atoms with Crippen LogP contribution in [0.15, 0.2) is 16.1 Å². The van der Waals surface area contributed by atoms with Crippen LogP contribution in [0.1, 0.15) is 40.4 Å². The van der Waals surface area contributed by atoms with Gasteiger partial charge in [0.25, 0.3) is 0 Å². The van der Waals surface area contributed by atoms with Crippen LogP contribution < -0.4 is 0 Å². The van der Waals surface area contributed by atoms with Gasteiger partial charge in [0.2, 0.25) is 0 Å². The summed E-state index contributed by atoms with van der Waals surface area (Å²) < 4.78 is 5.08. The summed E-state index contributed by atoms with van der Waals surface area (Å²) >= 11 is 1.74. The predicted molar refractivity (Wildman–Crippen MR) is 75.5 cm³/mol. The maximum absolute atomic E-state index is 12.0. The molecule has 5 heteroatoms. The van der Waals surface area contributed by atoms with Crippen molar-refractivity contribution in [2.75, 3.05) is 12.4 Å². The molecule has 1 aliphatic rings. The molecule has 0 saturated carbocycles. The standard InChI is InChI=1S/C14H17NO3S/c1-4-18-14(16)10-7-8(2)13-12(9(10)3)11(15-17)5-6-19-13/h7,17H,4-6H2,1-3H3. The third-order valence-corrected chi connectivity index (χ3v) is 4.44. The molecular weight excluding hydrogens is 262 g/mol. The summed E-state index contributed by atoms with van der Waals surface area (Å²) in [7, 11) is 0. The molecule has 0 saturated heterocycles. The van der Waals surface area contributed by atoms with Crippen molar-refractivity contribution < 1.29 is 14.7 Å². The molecule has 0 fully saturated rings. The first-order chi connectivity index (χ1) is 9.10. The van der Waals surface area contributed by atoms with Gasteiger partial charge in [0, 0.05) is 22.6 Å². The van der Waals surface area contributed by atoms with E-state index in [9.17, 15) is 4.79 Å². The lowest BCUT2D eigenvalue weighted by molar-refractivity contribution is 0.0525. The van der Waals surface area contributed by atoms with Gasteiger partial charge in [0.15, 0.2) is 0 Å². The second-order valence-electron chi connectivity index (χ2n) is 4.44. The Bertz CT molecular complexity index is 552. The second kappa shape index (κ2) is 5.65.